The van der Waals surface area contributed by atoms with Crippen LogP contribution in [0.3, 0.4) is 0 Å². The van der Waals surface area contributed by atoms with Crippen LogP contribution in [-0.4, -0.2) is 30.7 Å². The highest BCUT2D eigenvalue weighted by atomic mass is 19.4. The van der Waals surface area contributed by atoms with E-state index in [-0.39, 0.29) is 22.9 Å². The lowest BCUT2D eigenvalue weighted by Crippen LogP contribution is -2.19. The predicted octanol–water partition coefficient (Wildman–Crippen LogP) is 3.75. The second kappa shape index (κ2) is 7.48. The highest BCUT2D eigenvalue weighted by Crippen LogP contribution is 2.33. The lowest BCUT2D eigenvalue weighted by atomic mass is 10.1. The topological polar surface area (TPSA) is 130 Å². The first-order valence-electron chi connectivity index (χ1n) is 8.76. The van der Waals surface area contributed by atoms with Gasteiger partial charge in [0.2, 0.25) is 11.8 Å². The monoisotopic (exact) mass is 429 g/mol. The summed E-state index contributed by atoms with van der Waals surface area (Å²) in [5, 5.41) is 19.6. The molecule has 5 N–H and O–H groups in total. The zero-order chi connectivity index (χ0) is 22.2. The second-order valence-corrected chi connectivity index (χ2v) is 6.41. The van der Waals surface area contributed by atoms with Gasteiger partial charge in [-0.15, -0.1) is 5.10 Å². The van der Waals surface area contributed by atoms with E-state index in [1.165, 1.54) is 22.8 Å². The molecular weight excluding hydrogens is 415 g/mol. The fourth-order valence-corrected chi connectivity index (χ4v) is 2.86. The third-order valence-electron chi connectivity index (χ3n) is 4.23. The number of benzene rings is 2. The van der Waals surface area contributed by atoms with E-state index in [1.807, 2.05) is 0 Å². The summed E-state index contributed by atoms with van der Waals surface area (Å²) in [7, 11) is 0. The summed E-state index contributed by atoms with van der Waals surface area (Å²) >= 11 is 0. The number of primary amides is 1. The zero-order valence-electron chi connectivity index (χ0n) is 15.6. The smallest absolute Gasteiger partial charge is 0.416 e. The number of nitrogens with zero attached hydrogens (tertiary/aromatic N) is 4. The summed E-state index contributed by atoms with van der Waals surface area (Å²) in [6.45, 7) is 0. The van der Waals surface area contributed by atoms with Gasteiger partial charge in [-0.2, -0.15) is 18.2 Å². The summed E-state index contributed by atoms with van der Waals surface area (Å²) in [5.41, 5.74) is 5.51. The Hall–Kier alpha value is -4.35. The molecule has 2 amide bonds. The molecule has 0 bridgehead atoms. The minimum Gasteiger partial charge on any atom is -0.492 e. The molecule has 0 spiro atoms. The number of fused-ring (bicyclic) bond motifs is 1. The van der Waals surface area contributed by atoms with Crippen LogP contribution in [0.25, 0.3) is 16.9 Å². The maximum absolute atomic E-state index is 13.1. The molecule has 12 heteroatoms. The molecule has 0 radical (unpaired) electrons. The van der Waals surface area contributed by atoms with E-state index in [0.717, 1.165) is 12.1 Å². The predicted molar refractivity (Wildman–Crippen MR) is 106 cm³/mol. The number of hydrogen-bond acceptors (Lipinski definition) is 6. The van der Waals surface area contributed by atoms with Gasteiger partial charge in [-0.25, -0.2) is 14.3 Å². The molecule has 0 unspecified atom stereocenters. The molecule has 0 aliphatic rings. The van der Waals surface area contributed by atoms with Gasteiger partial charge in [0.25, 0.3) is 0 Å². The van der Waals surface area contributed by atoms with Gasteiger partial charge >= 0.3 is 12.2 Å². The number of alkyl halides is 3. The van der Waals surface area contributed by atoms with Gasteiger partial charge < -0.3 is 21.5 Å². The maximum Gasteiger partial charge on any atom is 0.416 e. The van der Waals surface area contributed by atoms with Gasteiger partial charge in [0.15, 0.2) is 5.82 Å². The quantitative estimate of drug-likeness (QED) is 0.391. The van der Waals surface area contributed by atoms with Gasteiger partial charge in [0, 0.05) is 16.9 Å². The van der Waals surface area contributed by atoms with E-state index in [1.54, 1.807) is 24.3 Å². The van der Waals surface area contributed by atoms with Crippen molar-refractivity contribution in [2.75, 3.05) is 10.6 Å². The Bertz CT molecular complexity index is 1270. The van der Waals surface area contributed by atoms with E-state index >= 15 is 0 Å². The fourth-order valence-electron chi connectivity index (χ4n) is 2.86. The number of anilines is 3. The normalized spacial score (nSPS) is 11.5. The number of hydrogen-bond donors (Lipinski definition) is 4. The van der Waals surface area contributed by atoms with E-state index < -0.39 is 23.7 Å². The molecule has 2 heterocycles. The molecule has 2 aromatic heterocycles. The average molecular weight is 429 g/mol. The van der Waals surface area contributed by atoms with Crippen molar-refractivity contribution < 1.29 is 23.1 Å². The molecule has 4 aromatic rings. The number of amides is 2. The van der Waals surface area contributed by atoms with Crippen molar-refractivity contribution in [2.45, 2.75) is 6.18 Å². The first-order valence-corrected chi connectivity index (χ1v) is 8.76. The summed E-state index contributed by atoms with van der Waals surface area (Å²) in [6.07, 6.45) is -3.24. The number of imidazole rings is 1. The van der Waals surface area contributed by atoms with Gasteiger partial charge in [0.05, 0.1) is 11.8 Å². The first kappa shape index (κ1) is 19.9. The van der Waals surface area contributed by atoms with Crippen LogP contribution in [0.1, 0.15) is 5.56 Å². The van der Waals surface area contributed by atoms with Crippen molar-refractivity contribution in [2.24, 2.45) is 5.73 Å². The molecule has 4 rings (SSSR count). The van der Waals surface area contributed by atoms with E-state index in [4.69, 9.17) is 5.73 Å². The SMILES string of the molecule is NC(=O)Nc1ccc(Nc2ncc3c(O)nc(-c4cccc(C(F)(F)F)c4)n3n2)cc1. The maximum atomic E-state index is 13.1. The van der Waals surface area contributed by atoms with Gasteiger partial charge in [0.1, 0.15) is 5.52 Å². The minimum absolute atomic E-state index is 0.0186. The zero-order valence-corrected chi connectivity index (χ0v) is 15.6. The summed E-state index contributed by atoms with van der Waals surface area (Å²) in [5.74, 6) is -0.292. The van der Waals surface area contributed by atoms with Crippen molar-refractivity contribution in [3.05, 3.63) is 60.3 Å². The lowest BCUT2D eigenvalue weighted by molar-refractivity contribution is -0.137. The number of rotatable bonds is 4. The molecular formula is C19H14F3N7O2. The number of halogens is 3. The Labute approximate surface area is 172 Å². The molecule has 0 fully saturated rings. The molecule has 2 aromatic carbocycles. The summed E-state index contributed by atoms with van der Waals surface area (Å²) in [6, 6.07) is 10.3. The number of carbonyl (C=O) groups excluding carboxylic acids is 1. The molecule has 9 nitrogen and oxygen atoms in total. The van der Waals surface area contributed by atoms with Crippen LogP contribution in [-0.2, 0) is 6.18 Å². The Kier molecular flexibility index (Phi) is 4.81. The molecule has 0 saturated heterocycles. The summed E-state index contributed by atoms with van der Waals surface area (Å²) < 4.78 is 40.4. The van der Waals surface area contributed by atoms with E-state index in [9.17, 15) is 23.1 Å². The lowest BCUT2D eigenvalue weighted by Gasteiger charge is -2.09. The second-order valence-electron chi connectivity index (χ2n) is 6.41. The van der Waals surface area contributed by atoms with Crippen LogP contribution in [0, 0.1) is 0 Å². The molecule has 158 valence electrons. The van der Waals surface area contributed by atoms with Crippen LogP contribution >= 0.6 is 0 Å². The Morgan fingerprint density at radius 2 is 1.81 bits per heavy atom. The minimum atomic E-state index is -4.53. The van der Waals surface area contributed by atoms with Gasteiger partial charge in [-0.3, -0.25) is 0 Å². The van der Waals surface area contributed by atoms with Crippen molar-refractivity contribution in [3.63, 3.8) is 0 Å². The Balaban J connectivity index is 1.69. The largest absolute Gasteiger partial charge is 0.492 e. The van der Waals surface area contributed by atoms with Gasteiger partial charge in [-0.1, -0.05) is 12.1 Å². The highest BCUT2D eigenvalue weighted by Gasteiger charge is 2.31. The summed E-state index contributed by atoms with van der Waals surface area (Å²) in [4.78, 5) is 18.9. The van der Waals surface area contributed by atoms with Crippen LogP contribution in [0.2, 0.25) is 0 Å². The molecule has 0 saturated carbocycles. The molecule has 0 aliphatic carbocycles. The van der Waals surface area contributed by atoms with Crippen LogP contribution in [0.4, 0.5) is 35.3 Å². The standard InChI is InChI=1S/C19H14F3N7O2/c20-19(21,22)11-3-1-2-10(8-11)15-27-16(30)14-9-24-18(28-29(14)15)26-13-6-4-12(5-7-13)25-17(23)31/h1-9,30H,(H,26,28)(H3,23,25,31). The Morgan fingerprint density at radius 1 is 1.10 bits per heavy atom. The number of aromatic hydroxyl groups is 1. The number of nitrogens with one attached hydrogen (secondary N) is 2. The van der Waals surface area contributed by atoms with Crippen molar-refractivity contribution in [3.8, 4) is 17.3 Å². The number of urea groups is 1. The molecule has 0 atom stereocenters. The third-order valence-corrected chi connectivity index (χ3v) is 4.23. The van der Waals surface area contributed by atoms with Crippen LogP contribution < -0.4 is 16.4 Å². The van der Waals surface area contributed by atoms with E-state index in [0.29, 0.717) is 11.4 Å². The van der Waals surface area contributed by atoms with Crippen LogP contribution in [0.15, 0.2) is 54.7 Å². The third kappa shape index (κ3) is 4.17. The van der Waals surface area contributed by atoms with Gasteiger partial charge in [-0.05, 0) is 36.4 Å². The fraction of sp³-hybridized carbons (Fsp3) is 0.0526. The van der Waals surface area contributed by atoms with Crippen molar-refractivity contribution in [1.29, 1.82) is 0 Å². The van der Waals surface area contributed by atoms with Crippen molar-refractivity contribution >= 4 is 28.9 Å². The number of carbonyl (C=O) groups is 1. The first-order chi connectivity index (χ1) is 14.7. The number of aromatic nitrogens is 4. The van der Waals surface area contributed by atoms with Crippen LogP contribution in [0.5, 0.6) is 5.88 Å². The highest BCUT2D eigenvalue weighted by molar-refractivity contribution is 5.88. The van der Waals surface area contributed by atoms with Crippen molar-refractivity contribution in [1.82, 2.24) is 19.6 Å². The average Bonchev–Trinajstić information content (AvgIpc) is 3.05. The number of nitrogens with two attached hydrogens (primary N) is 1. The molecule has 0 aliphatic heterocycles. The Morgan fingerprint density at radius 3 is 2.48 bits per heavy atom. The van der Waals surface area contributed by atoms with E-state index in [2.05, 4.69) is 25.7 Å². The molecule has 31 heavy (non-hydrogen) atoms.